The minimum absolute atomic E-state index is 0.0454. The van der Waals surface area contributed by atoms with Crippen LogP contribution in [0.2, 0.25) is 5.02 Å². The Morgan fingerprint density at radius 2 is 1.71 bits per heavy atom. The Morgan fingerprint density at radius 3 is 2.29 bits per heavy atom. The highest BCUT2D eigenvalue weighted by atomic mass is 35.5. The van der Waals surface area contributed by atoms with Crippen LogP contribution in [0.1, 0.15) is 11.1 Å². The van der Waals surface area contributed by atoms with E-state index in [4.69, 9.17) is 22.1 Å². The van der Waals surface area contributed by atoms with Gasteiger partial charge < -0.3 is 10.5 Å². The van der Waals surface area contributed by atoms with Crippen molar-refractivity contribution in [2.75, 3.05) is 6.54 Å². The standard InChI is InChI=1S/C15H13ClF3NO/c16-11-2-1-3-12(17)10(11)8-21-15-13(18)6-9(4-5-20)7-14(15)19/h1-3,6-7H,4-5,8,20H2. The first-order chi connectivity index (χ1) is 10.0. The highest BCUT2D eigenvalue weighted by Gasteiger charge is 2.15. The Labute approximate surface area is 125 Å². The maximum atomic E-state index is 13.8. The van der Waals surface area contributed by atoms with Gasteiger partial charge in [0, 0.05) is 5.56 Å². The van der Waals surface area contributed by atoms with Gasteiger partial charge in [0.15, 0.2) is 17.4 Å². The molecule has 2 aromatic rings. The maximum absolute atomic E-state index is 13.8. The molecule has 0 saturated heterocycles. The summed E-state index contributed by atoms with van der Waals surface area (Å²) in [5.41, 5.74) is 5.81. The second kappa shape index (κ2) is 6.83. The van der Waals surface area contributed by atoms with E-state index in [0.717, 1.165) is 12.1 Å². The fourth-order valence-electron chi connectivity index (χ4n) is 1.88. The molecule has 0 atom stereocenters. The van der Waals surface area contributed by atoms with Crippen LogP contribution in [-0.4, -0.2) is 6.54 Å². The summed E-state index contributed by atoms with van der Waals surface area (Å²) in [7, 11) is 0. The molecule has 0 aliphatic carbocycles. The number of nitrogens with two attached hydrogens (primary N) is 1. The molecule has 0 fully saturated rings. The van der Waals surface area contributed by atoms with Crippen molar-refractivity contribution in [2.24, 2.45) is 5.73 Å². The van der Waals surface area contributed by atoms with Crippen LogP contribution in [0.5, 0.6) is 5.75 Å². The molecule has 0 heterocycles. The molecule has 2 rings (SSSR count). The number of hydrogen-bond donors (Lipinski definition) is 1. The zero-order chi connectivity index (χ0) is 15.4. The van der Waals surface area contributed by atoms with Gasteiger partial charge in [0.2, 0.25) is 0 Å². The van der Waals surface area contributed by atoms with Crippen LogP contribution >= 0.6 is 11.6 Å². The highest BCUT2D eigenvalue weighted by molar-refractivity contribution is 6.31. The van der Waals surface area contributed by atoms with E-state index in [1.807, 2.05) is 0 Å². The maximum Gasteiger partial charge on any atom is 0.191 e. The molecular formula is C15H13ClF3NO. The molecule has 0 amide bonds. The molecule has 0 aliphatic rings. The monoisotopic (exact) mass is 315 g/mol. The molecule has 2 aromatic carbocycles. The van der Waals surface area contributed by atoms with Crippen molar-refractivity contribution in [1.29, 1.82) is 0 Å². The summed E-state index contributed by atoms with van der Waals surface area (Å²) in [4.78, 5) is 0. The van der Waals surface area contributed by atoms with E-state index in [2.05, 4.69) is 0 Å². The summed E-state index contributed by atoms with van der Waals surface area (Å²) >= 11 is 5.82. The lowest BCUT2D eigenvalue weighted by Crippen LogP contribution is -2.06. The van der Waals surface area contributed by atoms with E-state index in [-0.39, 0.29) is 23.7 Å². The van der Waals surface area contributed by atoms with Gasteiger partial charge in [-0.25, -0.2) is 13.2 Å². The van der Waals surface area contributed by atoms with Gasteiger partial charge in [-0.1, -0.05) is 17.7 Å². The molecule has 21 heavy (non-hydrogen) atoms. The Bertz CT molecular complexity index is 606. The molecule has 112 valence electrons. The quantitative estimate of drug-likeness (QED) is 0.910. The number of hydrogen-bond acceptors (Lipinski definition) is 2. The van der Waals surface area contributed by atoms with Gasteiger partial charge >= 0.3 is 0 Å². The normalized spacial score (nSPS) is 10.7. The molecule has 2 N–H and O–H groups in total. The molecule has 0 aromatic heterocycles. The van der Waals surface area contributed by atoms with E-state index >= 15 is 0 Å². The Hall–Kier alpha value is -1.72. The molecule has 6 heteroatoms. The van der Waals surface area contributed by atoms with E-state index in [1.165, 1.54) is 18.2 Å². The average molecular weight is 316 g/mol. The summed E-state index contributed by atoms with van der Waals surface area (Å²) in [6, 6.07) is 6.40. The van der Waals surface area contributed by atoms with Gasteiger partial charge in [-0.15, -0.1) is 0 Å². The molecule has 0 aliphatic heterocycles. The number of benzene rings is 2. The van der Waals surface area contributed by atoms with Crippen molar-refractivity contribution in [3.63, 3.8) is 0 Å². The number of halogens is 4. The fraction of sp³-hybridized carbons (Fsp3) is 0.200. The van der Waals surface area contributed by atoms with E-state index in [0.29, 0.717) is 12.0 Å². The molecule has 0 radical (unpaired) electrons. The van der Waals surface area contributed by atoms with Gasteiger partial charge in [-0.05, 0) is 42.8 Å². The third kappa shape index (κ3) is 3.68. The Kier molecular flexibility index (Phi) is 5.09. The lowest BCUT2D eigenvalue weighted by atomic mass is 10.1. The van der Waals surface area contributed by atoms with E-state index in [1.54, 1.807) is 0 Å². The molecule has 0 spiro atoms. The van der Waals surface area contributed by atoms with Crippen molar-refractivity contribution >= 4 is 11.6 Å². The van der Waals surface area contributed by atoms with E-state index < -0.39 is 23.2 Å². The van der Waals surface area contributed by atoms with Crippen LogP contribution in [0, 0.1) is 17.5 Å². The van der Waals surface area contributed by atoms with Crippen molar-refractivity contribution in [2.45, 2.75) is 13.0 Å². The van der Waals surface area contributed by atoms with Gasteiger partial charge in [-0.2, -0.15) is 0 Å². The van der Waals surface area contributed by atoms with Crippen molar-refractivity contribution in [1.82, 2.24) is 0 Å². The topological polar surface area (TPSA) is 35.2 Å². The largest absolute Gasteiger partial charge is 0.483 e. The first-order valence-corrected chi connectivity index (χ1v) is 6.64. The van der Waals surface area contributed by atoms with Crippen molar-refractivity contribution in [3.8, 4) is 5.75 Å². The van der Waals surface area contributed by atoms with Gasteiger partial charge in [0.25, 0.3) is 0 Å². The Morgan fingerprint density at radius 1 is 1.05 bits per heavy atom. The third-order valence-corrected chi connectivity index (χ3v) is 3.27. The van der Waals surface area contributed by atoms with Gasteiger partial charge in [0.05, 0.1) is 5.02 Å². The predicted molar refractivity (Wildman–Crippen MR) is 74.9 cm³/mol. The molecule has 0 bridgehead atoms. The summed E-state index contributed by atoms with van der Waals surface area (Å²) in [6.45, 7) is -0.0838. The number of rotatable bonds is 5. The first kappa shape index (κ1) is 15.7. The minimum Gasteiger partial charge on any atom is -0.483 e. The van der Waals surface area contributed by atoms with Crippen LogP contribution in [0.3, 0.4) is 0 Å². The fourth-order valence-corrected chi connectivity index (χ4v) is 2.09. The number of ether oxygens (including phenoxy) is 1. The van der Waals surface area contributed by atoms with Gasteiger partial charge in [-0.3, -0.25) is 0 Å². The van der Waals surface area contributed by atoms with Crippen LogP contribution in [0.25, 0.3) is 0 Å². The Balaban J connectivity index is 2.21. The SMILES string of the molecule is NCCc1cc(F)c(OCc2c(F)cccc2Cl)c(F)c1. The first-order valence-electron chi connectivity index (χ1n) is 6.26. The minimum atomic E-state index is -0.856. The van der Waals surface area contributed by atoms with E-state index in [9.17, 15) is 13.2 Å². The zero-order valence-corrected chi connectivity index (χ0v) is 11.8. The molecule has 2 nitrogen and oxygen atoms in total. The van der Waals surface area contributed by atoms with Crippen LogP contribution in [0.15, 0.2) is 30.3 Å². The highest BCUT2D eigenvalue weighted by Crippen LogP contribution is 2.26. The molecule has 0 unspecified atom stereocenters. The second-order valence-corrected chi connectivity index (χ2v) is 4.82. The van der Waals surface area contributed by atoms with Gasteiger partial charge in [0.1, 0.15) is 12.4 Å². The second-order valence-electron chi connectivity index (χ2n) is 4.42. The zero-order valence-electron chi connectivity index (χ0n) is 11.0. The summed E-state index contributed by atoms with van der Waals surface area (Å²) in [5.74, 6) is -2.87. The smallest absolute Gasteiger partial charge is 0.191 e. The summed E-state index contributed by atoms with van der Waals surface area (Å²) in [6.07, 6.45) is 0.354. The van der Waals surface area contributed by atoms with Crippen molar-refractivity contribution in [3.05, 3.63) is 63.9 Å². The third-order valence-electron chi connectivity index (χ3n) is 2.91. The average Bonchev–Trinajstić information content (AvgIpc) is 2.41. The molecule has 0 saturated carbocycles. The summed E-state index contributed by atoms with van der Waals surface area (Å²) < 4.78 is 46.2. The van der Waals surface area contributed by atoms with Crippen LogP contribution in [0.4, 0.5) is 13.2 Å². The predicted octanol–water partition coefficient (Wildman–Crippen LogP) is 3.84. The molecular weight excluding hydrogens is 303 g/mol. The lowest BCUT2D eigenvalue weighted by Gasteiger charge is -2.11. The summed E-state index contributed by atoms with van der Waals surface area (Å²) in [5, 5.41) is 0.135. The van der Waals surface area contributed by atoms with Crippen molar-refractivity contribution < 1.29 is 17.9 Å². The van der Waals surface area contributed by atoms with Crippen LogP contribution < -0.4 is 10.5 Å². The van der Waals surface area contributed by atoms with Crippen LogP contribution in [-0.2, 0) is 13.0 Å². The lowest BCUT2D eigenvalue weighted by molar-refractivity contribution is 0.269.